The summed E-state index contributed by atoms with van der Waals surface area (Å²) in [5.74, 6) is -1.12. The lowest BCUT2D eigenvalue weighted by Gasteiger charge is -2.15. The van der Waals surface area contributed by atoms with Gasteiger partial charge in [0.1, 0.15) is 5.54 Å². The Labute approximate surface area is 152 Å². The Balaban J connectivity index is 1.75. The highest BCUT2D eigenvalue weighted by Gasteiger charge is 2.43. The number of hydrogen-bond donors (Lipinski definition) is 1. The van der Waals surface area contributed by atoms with Crippen molar-refractivity contribution in [1.82, 2.24) is 10.2 Å². The zero-order valence-corrected chi connectivity index (χ0v) is 15.5. The molecule has 1 aromatic rings. The first-order chi connectivity index (χ1) is 12.1. The van der Waals surface area contributed by atoms with Crippen molar-refractivity contribution in [2.75, 3.05) is 13.2 Å². The van der Waals surface area contributed by atoms with Crippen LogP contribution < -0.4 is 5.32 Å². The number of imide groups is 1. The van der Waals surface area contributed by atoms with Crippen LogP contribution in [-0.4, -0.2) is 47.3 Å². The molecule has 26 heavy (non-hydrogen) atoms. The van der Waals surface area contributed by atoms with E-state index in [1.807, 2.05) is 19.9 Å². The molecule has 1 fully saturated rings. The van der Waals surface area contributed by atoms with Crippen LogP contribution in [0.2, 0.25) is 0 Å². The minimum absolute atomic E-state index is 0.0255. The van der Waals surface area contributed by atoms with E-state index in [2.05, 4.69) is 5.32 Å². The summed E-state index contributed by atoms with van der Waals surface area (Å²) in [5, 5.41) is 2.57. The van der Waals surface area contributed by atoms with E-state index in [1.54, 1.807) is 26.0 Å². The highest BCUT2D eigenvalue weighted by molar-refractivity contribution is 6.06. The zero-order valence-electron chi connectivity index (χ0n) is 15.5. The van der Waals surface area contributed by atoms with Crippen LogP contribution in [0.3, 0.4) is 0 Å². The van der Waals surface area contributed by atoms with Gasteiger partial charge in [0.05, 0.1) is 0 Å². The molecule has 7 heteroatoms. The third-order valence-electron chi connectivity index (χ3n) is 4.40. The molecule has 2 rings (SSSR count). The molecule has 140 valence electrons. The van der Waals surface area contributed by atoms with Gasteiger partial charge in [-0.05, 0) is 51.3 Å². The number of benzene rings is 1. The highest BCUT2D eigenvalue weighted by atomic mass is 16.5. The average molecular weight is 360 g/mol. The summed E-state index contributed by atoms with van der Waals surface area (Å²) < 4.78 is 5.00. The van der Waals surface area contributed by atoms with Crippen LogP contribution in [0.25, 0.3) is 0 Å². The standard InChI is InChI=1S/C19H24N2O5/c1-12-7-8-14(10-13(12)2)15(22)11-26-16(23)6-5-9-21-17(24)19(3,4)20-18(21)25/h7-8,10H,5-6,9,11H2,1-4H3,(H,20,25). The van der Waals surface area contributed by atoms with Crippen LogP contribution in [0.5, 0.6) is 0 Å². The molecule has 1 N–H and O–H groups in total. The maximum Gasteiger partial charge on any atom is 0.325 e. The van der Waals surface area contributed by atoms with Crippen molar-refractivity contribution in [1.29, 1.82) is 0 Å². The third-order valence-corrected chi connectivity index (χ3v) is 4.40. The molecule has 0 radical (unpaired) electrons. The molecule has 1 saturated heterocycles. The summed E-state index contributed by atoms with van der Waals surface area (Å²) in [6.45, 7) is 6.93. The van der Waals surface area contributed by atoms with Gasteiger partial charge in [-0.3, -0.25) is 19.3 Å². The molecule has 0 saturated carbocycles. The molecule has 0 atom stereocenters. The Morgan fingerprint density at radius 3 is 2.42 bits per heavy atom. The minimum atomic E-state index is -0.920. The van der Waals surface area contributed by atoms with Gasteiger partial charge in [0.25, 0.3) is 5.91 Å². The molecule has 0 aliphatic carbocycles. The second-order valence-electron chi connectivity index (χ2n) is 7.00. The van der Waals surface area contributed by atoms with Gasteiger partial charge in [-0.2, -0.15) is 0 Å². The van der Waals surface area contributed by atoms with Crippen LogP contribution >= 0.6 is 0 Å². The predicted octanol–water partition coefficient (Wildman–Crippen LogP) is 2.14. The van der Waals surface area contributed by atoms with Crippen LogP contribution in [-0.2, 0) is 14.3 Å². The Bertz CT molecular complexity index is 754. The normalized spacial score (nSPS) is 15.8. The molecule has 1 aliphatic rings. The van der Waals surface area contributed by atoms with Gasteiger partial charge in [-0.15, -0.1) is 0 Å². The van der Waals surface area contributed by atoms with Crippen molar-refractivity contribution in [3.63, 3.8) is 0 Å². The molecular formula is C19H24N2O5. The number of amides is 3. The molecule has 0 spiro atoms. The quantitative estimate of drug-likeness (QED) is 0.457. The van der Waals surface area contributed by atoms with Gasteiger partial charge >= 0.3 is 12.0 Å². The number of ether oxygens (including phenoxy) is 1. The highest BCUT2D eigenvalue weighted by Crippen LogP contribution is 2.17. The lowest BCUT2D eigenvalue weighted by atomic mass is 10.0. The SMILES string of the molecule is Cc1ccc(C(=O)COC(=O)CCCN2C(=O)NC(C)(C)C2=O)cc1C. The van der Waals surface area contributed by atoms with Crippen molar-refractivity contribution in [3.8, 4) is 0 Å². The van der Waals surface area contributed by atoms with Gasteiger partial charge in [0.2, 0.25) is 0 Å². The van der Waals surface area contributed by atoms with Gasteiger partial charge in [-0.25, -0.2) is 4.79 Å². The van der Waals surface area contributed by atoms with E-state index in [1.165, 1.54) is 0 Å². The summed E-state index contributed by atoms with van der Waals surface area (Å²) in [5.41, 5.74) is 1.67. The Hall–Kier alpha value is -2.70. The fourth-order valence-corrected chi connectivity index (χ4v) is 2.62. The average Bonchev–Trinajstić information content (AvgIpc) is 2.76. The number of urea groups is 1. The molecule has 0 aromatic heterocycles. The lowest BCUT2D eigenvalue weighted by Crippen LogP contribution is -2.40. The second-order valence-corrected chi connectivity index (χ2v) is 7.00. The monoisotopic (exact) mass is 360 g/mol. The fraction of sp³-hybridized carbons (Fsp3) is 0.474. The van der Waals surface area contributed by atoms with Crippen molar-refractivity contribution in [3.05, 3.63) is 34.9 Å². The first-order valence-electron chi connectivity index (χ1n) is 8.52. The summed E-state index contributed by atoms with van der Waals surface area (Å²) in [4.78, 5) is 48.7. The van der Waals surface area contributed by atoms with Crippen LogP contribution in [0.4, 0.5) is 4.79 Å². The molecule has 0 unspecified atom stereocenters. The summed E-state index contributed by atoms with van der Waals surface area (Å²) in [6.07, 6.45) is 0.309. The molecule has 0 bridgehead atoms. The fourth-order valence-electron chi connectivity index (χ4n) is 2.62. The number of nitrogens with one attached hydrogen (secondary N) is 1. The number of carbonyl (C=O) groups excluding carboxylic acids is 4. The molecular weight excluding hydrogens is 336 g/mol. The number of nitrogens with zero attached hydrogens (tertiary/aromatic N) is 1. The summed E-state index contributed by atoms with van der Waals surface area (Å²) >= 11 is 0. The topological polar surface area (TPSA) is 92.8 Å². The van der Waals surface area contributed by atoms with Crippen LogP contribution in [0.1, 0.15) is 48.2 Å². The van der Waals surface area contributed by atoms with Gasteiger partial charge in [0.15, 0.2) is 12.4 Å². The molecule has 3 amide bonds. The summed E-state index contributed by atoms with van der Waals surface area (Å²) in [7, 11) is 0. The van der Waals surface area contributed by atoms with E-state index in [0.717, 1.165) is 16.0 Å². The van der Waals surface area contributed by atoms with Gasteiger partial charge in [0, 0.05) is 18.5 Å². The van der Waals surface area contributed by atoms with E-state index in [9.17, 15) is 19.2 Å². The van der Waals surface area contributed by atoms with Crippen molar-refractivity contribution in [2.24, 2.45) is 0 Å². The van der Waals surface area contributed by atoms with Crippen molar-refractivity contribution in [2.45, 2.75) is 46.1 Å². The molecule has 1 heterocycles. The van der Waals surface area contributed by atoms with E-state index in [-0.39, 0.29) is 37.7 Å². The number of carbonyl (C=O) groups is 4. The third kappa shape index (κ3) is 4.47. The van der Waals surface area contributed by atoms with E-state index >= 15 is 0 Å². The Morgan fingerprint density at radius 2 is 1.85 bits per heavy atom. The number of Topliss-reactive ketones (excluding diaryl/α,β-unsaturated/α-hetero) is 1. The number of esters is 1. The van der Waals surface area contributed by atoms with Crippen LogP contribution in [0, 0.1) is 13.8 Å². The first kappa shape index (κ1) is 19.6. The zero-order chi connectivity index (χ0) is 19.5. The smallest absolute Gasteiger partial charge is 0.325 e. The minimum Gasteiger partial charge on any atom is -0.457 e. The predicted molar refractivity (Wildman–Crippen MR) is 94.8 cm³/mol. The second kappa shape index (κ2) is 7.68. The van der Waals surface area contributed by atoms with Crippen molar-refractivity contribution < 1.29 is 23.9 Å². The van der Waals surface area contributed by atoms with E-state index in [0.29, 0.717) is 5.56 Å². The van der Waals surface area contributed by atoms with E-state index in [4.69, 9.17) is 4.74 Å². The van der Waals surface area contributed by atoms with Crippen LogP contribution in [0.15, 0.2) is 18.2 Å². The Kier molecular flexibility index (Phi) is 5.79. The molecule has 1 aromatic carbocycles. The number of hydrogen-bond acceptors (Lipinski definition) is 5. The maximum atomic E-state index is 12.1. The first-order valence-corrected chi connectivity index (χ1v) is 8.52. The van der Waals surface area contributed by atoms with Gasteiger partial charge in [-0.1, -0.05) is 12.1 Å². The number of rotatable bonds is 7. The maximum absolute atomic E-state index is 12.1. The molecule has 1 aliphatic heterocycles. The number of aryl methyl sites for hydroxylation is 2. The lowest BCUT2D eigenvalue weighted by molar-refractivity contribution is -0.143. The molecule has 7 nitrogen and oxygen atoms in total. The number of ketones is 1. The Morgan fingerprint density at radius 1 is 1.15 bits per heavy atom. The summed E-state index contributed by atoms with van der Waals surface area (Å²) in [6, 6.07) is 4.87. The van der Waals surface area contributed by atoms with Gasteiger partial charge < -0.3 is 10.1 Å². The largest absolute Gasteiger partial charge is 0.457 e. The van der Waals surface area contributed by atoms with Crippen molar-refractivity contribution >= 4 is 23.7 Å². The van der Waals surface area contributed by atoms with E-state index < -0.39 is 17.5 Å².